The first-order valence-corrected chi connectivity index (χ1v) is 32.2. The van der Waals surface area contributed by atoms with E-state index in [9.17, 15) is 37.9 Å². The predicted octanol–water partition coefficient (Wildman–Crippen LogP) is 15.1. The van der Waals surface area contributed by atoms with Crippen LogP contribution in [0.3, 0.4) is 0 Å². The molecule has 0 radical (unpaired) electrons. The van der Waals surface area contributed by atoms with Gasteiger partial charge in [0.2, 0.25) is 0 Å². The Kier molecular flexibility index (Phi) is 47.0. The van der Waals surface area contributed by atoms with Crippen LogP contribution in [0.1, 0.15) is 309 Å². The van der Waals surface area contributed by atoms with Crippen LogP contribution in [0.2, 0.25) is 0 Å². The van der Waals surface area contributed by atoms with Crippen molar-refractivity contribution < 1.29 is 56.8 Å². The molecule has 1 aliphatic rings. The number of hydrogen-bond acceptors (Lipinski definition) is 11. The molecule has 428 valence electrons. The monoisotopic (exact) mass is 1050 g/mol. The van der Waals surface area contributed by atoms with E-state index in [0.29, 0.717) is 12.8 Å². The van der Waals surface area contributed by atoms with Crippen molar-refractivity contribution in [3.8, 4) is 0 Å². The third-order valence-corrected chi connectivity index (χ3v) is 15.4. The van der Waals surface area contributed by atoms with Crippen LogP contribution in [0.4, 0.5) is 0 Å². The van der Waals surface area contributed by atoms with Gasteiger partial charge in [-0.05, 0) is 12.8 Å². The van der Waals surface area contributed by atoms with Gasteiger partial charge in [0.25, 0.3) is 10.1 Å². The molecule has 1 fully saturated rings. The predicted molar refractivity (Wildman–Crippen MR) is 294 cm³/mol. The minimum absolute atomic E-state index is 0.174. The van der Waals surface area contributed by atoms with E-state index in [2.05, 4.69) is 13.8 Å². The van der Waals surface area contributed by atoms with Gasteiger partial charge in [-0.25, -0.2) is 0 Å². The van der Waals surface area contributed by atoms with Gasteiger partial charge in [-0.1, -0.05) is 284 Å². The lowest BCUT2D eigenvalue weighted by atomic mass is 10.00. The molecule has 12 nitrogen and oxygen atoms in total. The normalized spacial score (nSPS) is 18.7. The number of esters is 2. The van der Waals surface area contributed by atoms with E-state index in [1.165, 1.54) is 231 Å². The van der Waals surface area contributed by atoms with Crippen LogP contribution in [-0.4, -0.2) is 96.0 Å². The first kappa shape index (κ1) is 68.7. The molecule has 13 heteroatoms. The number of rotatable bonds is 54. The van der Waals surface area contributed by atoms with Crippen LogP contribution in [-0.2, 0) is 38.7 Å². The summed E-state index contributed by atoms with van der Waals surface area (Å²) < 4.78 is 54.5. The second kappa shape index (κ2) is 49.2. The lowest BCUT2D eigenvalue weighted by Gasteiger charge is -2.40. The molecule has 1 rings (SSSR count). The fourth-order valence-electron chi connectivity index (χ4n) is 9.98. The first-order chi connectivity index (χ1) is 35.0. The van der Waals surface area contributed by atoms with Gasteiger partial charge in [0.15, 0.2) is 12.4 Å². The van der Waals surface area contributed by atoms with Gasteiger partial charge in [-0.2, -0.15) is 8.42 Å². The summed E-state index contributed by atoms with van der Waals surface area (Å²) in [6.07, 6.45) is 47.2. The summed E-state index contributed by atoms with van der Waals surface area (Å²) in [6.45, 7) is 3.85. The van der Waals surface area contributed by atoms with Crippen molar-refractivity contribution in [2.75, 3.05) is 19.0 Å². The summed E-state index contributed by atoms with van der Waals surface area (Å²) in [4.78, 5) is 25.7. The van der Waals surface area contributed by atoms with Crippen LogP contribution in [0.5, 0.6) is 0 Å². The summed E-state index contributed by atoms with van der Waals surface area (Å²) >= 11 is 0. The van der Waals surface area contributed by atoms with Gasteiger partial charge in [0.1, 0.15) is 36.8 Å². The topological polar surface area (TPSA) is 186 Å². The number of carbonyl (C=O) groups is 2. The zero-order valence-corrected chi connectivity index (χ0v) is 47.4. The molecule has 6 unspecified atom stereocenters. The molecule has 0 aromatic carbocycles. The maximum absolute atomic E-state index is 12.9. The SMILES string of the molecule is CCCCCCCCCCCCCCCCCCCCCCCCCC(=O)OC(COC(=O)CCCCCCCCCCCCCCCCCCCCCCC)COC1OC(CS(=O)(=O)O)C(O)C(O)C1O. The van der Waals surface area contributed by atoms with Crippen LogP contribution in [0, 0.1) is 0 Å². The van der Waals surface area contributed by atoms with Crippen molar-refractivity contribution >= 4 is 22.1 Å². The molecule has 0 bridgehead atoms. The van der Waals surface area contributed by atoms with Crippen LogP contribution in [0.25, 0.3) is 0 Å². The van der Waals surface area contributed by atoms with E-state index in [4.69, 9.17) is 18.9 Å². The van der Waals surface area contributed by atoms with E-state index < -0.39 is 71.2 Å². The van der Waals surface area contributed by atoms with E-state index >= 15 is 0 Å². The smallest absolute Gasteiger partial charge is 0.306 e. The quantitative estimate of drug-likeness (QED) is 0.0257. The highest BCUT2D eigenvalue weighted by atomic mass is 32.2. The van der Waals surface area contributed by atoms with Crippen molar-refractivity contribution in [2.24, 2.45) is 0 Å². The van der Waals surface area contributed by atoms with Crippen molar-refractivity contribution in [3.63, 3.8) is 0 Å². The summed E-state index contributed by atoms with van der Waals surface area (Å²) in [5, 5.41) is 31.1. The Hall–Kier alpha value is -1.35. The molecule has 1 saturated heterocycles. The number of hydrogen-bond donors (Lipinski definition) is 4. The molecule has 0 spiro atoms. The molecular formula is C59H114O12S. The summed E-state index contributed by atoms with van der Waals surface area (Å²) in [5.74, 6) is -1.95. The summed E-state index contributed by atoms with van der Waals surface area (Å²) in [6, 6.07) is 0. The summed E-state index contributed by atoms with van der Waals surface area (Å²) in [7, 11) is -4.60. The molecule has 0 aromatic rings. The van der Waals surface area contributed by atoms with Crippen LogP contribution < -0.4 is 0 Å². The fourth-order valence-corrected chi connectivity index (χ4v) is 10.7. The second-order valence-electron chi connectivity index (χ2n) is 21.7. The minimum atomic E-state index is -4.60. The molecule has 0 amide bonds. The average molecular weight is 1050 g/mol. The summed E-state index contributed by atoms with van der Waals surface area (Å²) in [5.41, 5.74) is 0. The van der Waals surface area contributed by atoms with Gasteiger partial charge in [0.05, 0.1) is 6.61 Å². The van der Waals surface area contributed by atoms with Gasteiger partial charge in [-0.15, -0.1) is 0 Å². The third kappa shape index (κ3) is 42.8. The lowest BCUT2D eigenvalue weighted by molar-refractivity contribution is -0.297. The van der Waals surface area contributed by atoms with E-state index in [0.717, 1.165) is 38.5 Å². The molecule has 4 N–H and O–H groups in total. The number of ether oxygens (including phenoxy) is 4. The highest BCUT2D eigenvalue weighted by Crippen LogP contribution is 2.24. The molecule has 0 saturated carbocycles. The maximum Gasteiger partial charge on any atom is 0.306 e. The van der Waals surface area contributed by atoms with Gasteiger partial charge in [0, 0.05) is 12.8 Å². The highest BCUT2D eigenvalue weighted by Gasteiger charge is 2.46. The molecule has 1 heterocycles. The minimum Gasteiger partial charge on any atom is -0.462 e. The lowest BCUT2D eigenvalue weighted by Crippen LogP contribution is -2.60. The maximum atomic E-state index is 12.9. The zero-order chi connectivity index (χ0) is 52.6. The van der Waals surface area contributed by atoms with E-state index in [-0.39, 0.29) is 19.4 Å². The zero-order valence-electron chi connectivity index (χ0n) is 46.6. The Morgan fingerprint density at radius 3 is 1.01 bits per heavy atom. The number of carbonyl (C=O) groups excluding carboxylic acids is 2. The molecule has 6 atom stereocenters. The van der Waals surface area contributed by atoms with Crippen LogP contribution in [0.15, 0.2) is 0 Å². The number of unbranched alkanes of at least 4 members (excludes halogenated alkanes) is 42. The van der Waals surface area contributed by atoms with E-state index in [1.807, 2.05) is 0 Å². The van der Waals surface area contributed by atoms with Crippen molar-refractivity contribution in [1.29, 1.82) is 0 Å². The fraction of sp³-hybridized carbons (Fsp3) is 0.966. The van der Waals surface area contributed by atoms with E-state index in [1.54, 1.807) is 0 Å². The van der Waals surface area contributed by atoms with Gasteiger partial charge >= 0.3 is 11.9 Å². The second-order valence-corrected chi connectivity index (χ2v) is 23.2. The Bertz CT molecular complexity index is 1320. The molecule has 1 aliphatic heterocycles. The largest absolute Gasteiger partial charge is 0.462 e. The Balaban J connectivity index is 2.26. The van der Waals surface area contributed by atoms with Crippen molar-refractivity contribution in [2.45, 2.75) is 346 Å². The number of aliphatic hydroxyl groups excluding tert-OH is 3. The Morgan fingerprint density at radius 2 is 0.708 bits per heavy atom. The third-order valence-electron chi connectivity index (χ3n) is 14.7. The van der Waals surface area contributed by atoms with Crippen LogP contribution >= 0.6 is 0 Å². The Labute approximate surface area is 442 Å². The standard InChI is InChI=1S/C59H114O12S/c1-3-5-7-9-11-13-15-17-19-21-23-25-26-28-30-32-34-36-38-40-42-44-46-48-55(61)70-52(50-69-59-58(64)57(63)56(62)53(71-59)51-72(65,66)67)49-68-54(60)47-45-43-41-39-37-35-33-31-29-27-24-22-20-18-16-14-12-10-8-6-4-2/h52-53,56-59,62-64H,3-51H2,1-2H3,(H,65,66,67). The average Bonchev–Trinajstić information content (AvgIpc) is 3.35. The molecule has 0 aromatic heterocycles. The van der Waals surface area contributed by atoms with Gasteiger partial charge in [-0.3, -0.25) is 14.1 Å². The molecular weight excluding hydrogens is 933 g/mol. The van der Waals surface area contributed by atoms with Gasteiger partial charge < -0.3 is 34.3 Å². The molecule has 72 heavy (non-hydrogen) atoms. The highest BCUT2D eigenvalue weighted by molar-refractivity contribution is 7.85. The molecule has 0 aliphatic carbocycles. The Morgan fingerprint density at radius 1 is 0.417 bits per heavy atom. The first-order valence-electron chi connectivity index (χ1n) is 30.6. The number of aliphatic hydroxyl groups is 3. The van der Waals surface area contributed by atoms with Crippen molar-refractivity contribution in [1.82, 2.24) is 0 Å². The van der Waals surface area contributed by atoms with Crippen molar-refractivity contribution in [3.05, 3.63) is 0 Å².